The van der Waals surface area contributed by atoms with Gasteiger partial charge >= 0.3 is 0 Å². The average Bonchev–Trinajstić information content (AvgIpc) is 3.40. The van der Waals surface area contributed by atoms with Crippen LogP contribution >= 0.6 is 0 Å². The summed E-state index contributed by atoms with van der Waals surface area (Å²) in [5.74, 6) is 1.58. The lowest BCUT2D eigenvalue weighted by Gasteiger charge is -2.29. The number of hydrogen-bond donors (Lipinski definition) is 0. The Hall–Kier alpha value is -2.26. The third kappa shape index (κ3) is 4.03. The van der Waals surface area contributed by atoms with Crippen LogP contribution in [-0.2, 0) is 42.1 Å². The summed E-state index contributed by atoms with van der Waals surface area (Å²) in [6.07, 6.45) is 1.58. The van der Waals surface area contributed by atoms with Crippen LogP contribution in [0.3, 0.4) is 0 Å². The van der Waals surface area contributed by atoms with Gasteiger partial charge in [-0.25, -0.2) is 0 Å². The number of nitrogens with zero attached hydrogens (tertiary/aromatic N) is 6. The molecule has 4 heterocycles. The van der Waals surface area contributed by atoms with Crippen LogP contribution in [0.15, 0.2) is 10.6 Å². The third-order valence-corrected chi connectivity index (χ3v) is 5.09. The van der Waals surface area contributed by atoms with Crippen LogP contribution in [0.1, 0.15) is 36.4 Å². The normalized spacial score (nSPS) is 19.7. The van der Waals surface area contributed by atoms with Crippen molar-refractivity contribution < 1.29 is 14.1 Å². The maximum absolute atomic E-state index is 12.6. The minimum Gasteiger partial charge on any atom is -0.381 e. The predicted octanol–water partition coefficient (Wildman–Crippen LogP) is 0.839. The van der Waals surface area contributed by atoms with E-state index >= 15 is 0 Å². The van der Waals surface area contributed by atoms with Crippen molar-refractivity contribution in [2.45, 2.75) is 45.9 Å². The van der Waals surface area contributed by atoms with Crippen molar-refractivity contribution in [2.75, 3.05) is 26.8 Å². The van der Waals surface area contributed by atoms with Crippen LogP contribution in [0.5, 0.6) is 0 Å². The van der Waals surface area contributed by atoms with Gasteiger partial charge < -0.3 is 14.2 Å². The molecule has 0 radical (unpaired) electrons. The molecule has 27 heavy (non-hydrogen) atoms. The van der Waals surface area contributed by atoms with Crippen molar-refractivity contribution in [2.24, 2.45) is 5.92 Å². The van der Waals surface area contributed by atoms with E-state index in [-0.39, 0.29) is 11.8 Å². The molecule has 2 aliphatic rings. The maximum atomic E-state index is 12.6. The first kappa shape index (κ1) is 18.1. The molecule has 2 aromatic rings. The van der Waals surface area contributed by atoms with Gasteiger partial charge in [-0.15, -0.1) is 0 Å². The minimum absolute atomic E-state index is 0.0213. The second kappa shape index (κ2) is 7.77. The second-order valence-corrected chi connectivity index (χ2v) is 7.30. The summed E-state index contributed by atoms with van der Waals surface area (Å²) >= 11 is 0. The molecule has 1 unspecified atom stereocenters. The van der Waals surface area contributed by atoms with E-state index in [2.05, 4.69) is 21.1 Å². The van der Waals surface area contributed by atoms with Gasteiger partial charge in [0.1, 0.15) is 0 Å². The largest absolute Gasteiger partial charge is 0.381 e. The van der Waals surface area contributed by atoms with Crippen LogP contribution < -0.4 is 0 Å². The molecule has 0 saturated carbocycles. The zero-order valence-corrected chi connectivity index (χ0v) is 15.9. The molecule has 1 atom stereocenters. The highest BCUT2D eigenvalue weighted by molar-refractivity contribution is 5.79. The van der Waals surface area contributed by atoms with E-state index in [4.69, 9.17) is 14.4 Å². The van der Waals surface area contributed by atoms with Gasteiger partial charge in [0.2, 0.25) is 11.8 Å². The Balaban J connectivity index is 1.35. The van der Waals surface area contributed by atoms with E-state index < -0.39 is 0 Å². The zero-order valence-electron chi connectivity index (χ0n) is 15.9. The molecule has 1 amide bonds. The molecule has 0 spiro atoms. The Morgan fingerprint density at radius 2 is 2.26 bits per heavy atom. The molecule has 0 aromatic carbocycles. The lowest BCUT2D eigenvalue weighted by molar-refractivity contribution is -0.137. The smallest absolute Gasteiger partial charge is 0.228 e. The van der Waals surface area contributed by atoms with Gasteiger partial charge in [-0.3, -0.25) is 14.4 Å². The molecule has 0 N–H and O–H groups in total. The lowest BCUT2D eigenvalue weighted by Crippen LogP contribution is -2.41. The van der Waals surface area contributed by atoms with E-state index in [0.29, 0.717) is 51.1 Å². The number of amides is 1. The Labute approximate surface area is 158 Å². The molecule has 0 aliphatic carbocycles. The number of rotatable bonds is 6. The summed E-state index contributed by atoms with van der Waals surface area (Å²) in [6, 6.07) is 2.09. The fourth-order valence-corrected chi connectivity index (χ4v) is 3.65. The first-order chi connectivity index (χ1) is 13.1. The quantitative estimate of drug-likeness (QED) is 0.740. The average molecular weight is 374 g/mol. The first-order valence-corrected chi connectivity index (χ1v) is 9.54. The SMILES string of the molecule is CCc1nc(CN(C)Cc2cc3n(n2)CCN(C(=O)C2CCOC2)C3)no1. The molecular formula is C18H26N6O3. The summed E-state index contributed by atoms with van der Waals surface area (Å²) in [7, 11) is 2.01. The van der Waals surface area contributed by atoms with E-state index in [0.717, 1.165) is 30.8 Å². The van der Waals surface area contributed by atoms with Gasteiger partial charge in [-0.1, -0.05) is 12.1 Å². The topological polar surface area (TPSA) is 89.5 Å². The van der Waals surface area contributed by atoms with Crippen LogP contribution in [0, 0.1) is 5.92 Å². The van der Waals surface area contributed by atoms with Crippen molar-refractivity contribution in [3.8, 4) is 0 Å². The fourth-order valence-electron chi connectivity index (χ4n) is 3.65. The van der Waals surface area contributed by atoms with Gasteiger partial charge in [0, 0.05) is 26.1 Å². The Kier molecular flexibility index (Phi) is 5.22. The Morgan fingerprint density at radius 3 is 3.00 bits per heavy atom. The lowest BCUT2D eigenvalue weighted by atomic mass is 10.1. The van der Waals surface area contributed by atoms with Gasteiger partial charge in [0.15, 0.2) is 5.82 Å². The third-order valence-electron chi connectivity index (χ3n) is 5.09. The number of aromatic nitrogens is 4. The number of carbonyl (C=O) groups excluding carboxylic acids is 1. The molecule has 1 fully saturated rings. The van der Waals surface area contributed by atoms with E-state index in [9.17, 15) is 4.79 Å². The zero-order chi connectivity index (χ0) is 18.8. The molecule has 0 bridgehead atoms. The maximum Gasteiger partial charge on any atom is 0.228 e. The summed E-state index contributed by atoms with van der Waals surface area (Å²) in [4.78, 5) is 21.0. The van der Waals surface area contributed by atoms with Crippen LogP contribution in [0.25, 0.3) is 0 Å². The number of fused-ring (bicyclic) bond motifs is 1. The highest BCUT2D eigenvalue weighted by Gasteiger charge is 2.30. The van der Waals surface area contributed by atoms with E-state index in [1.54, 1.807) is 0 Å². The highest BCUT2D eigenvalue weighted by Crippen LogP contribution is 2.21. The standard InChI is InChI=1S/C18H26N6O3/c1-3-17-19-16(21-27-17)11-22(2)9-14-8-15-10-23(5-6-24(15)20-14)18(25)13-4-7-26-12-13/h8,13H,3-7,9-12H2,1-2H3. The molecule has 4 rings (SSSR count). The van der Waals surface area contributed by atoms with Crippen LogP contribution in [0.4, 0.5) is 0 Å². The van der Waals surface area contributed by atoms with E-state index in [1.165, 1.54) is 0 Å². The van der Waals surface area contributed by atoms with Gasteiger partial charge in [0.05, 0.1) is 43.5 Å². The molecule has 2 aliphatic heterocycles. The van der Waals surface area contributed by atoms with Crippen LogP contribution in [0.2, 0.25) is 0 Å². The molecule has 1 saturated heterocycles. The van der Waals surface area contributed by atoms with Crippen molar-refractivity contribution in [3.05, 3.63) is 29.2 Å². The molecule has 9 heteroatoms. The monoisotopic (exact) mass is 374 g/mol. The van der Waals surface area contributed by atoms with Gasteiger partial charge in [-0.05, 0) is 19.5 Å². The Bertz CT molecular complexity index is 795. The number of carbonyl (C=O) groups is 1. The number of ether oxygens (including phenoxy) is 1. The molecular weight excluding hydrogens is 348 g/mol. The van der Waals surface area contributed by atoms with Crippen LogP contribution in [-0.4, -0.2) is 62.4 Å². The number of aryl methyl sites for hydroxylation is 1. The fraction of sp³-hybridized carbons (Fsp3) is 0.667. The first-order valence-electron chi connectivity index (χ1n) is 9.54. The van der Waals surface area contributed by atoms with Crippen molar-refractivity contribution >= 4 is 5.91 Å². The van der Waals surface area contributed by atoms with Crippen molar-refractivity contribution in [1.82, 2.24) is 29.7 Å². The molecule has 2 aromatic heterocycles. The van der Waals surface area contributed by atoms with Crippen molar-refractivity contribution in [3.63, 3.8) is 0 Å². The Morgan fingerprint density at radius 1 is 1.37 bits per heavy atom. The second-order valence-electron chi connectivity index (χ2n) is 7.30. The highest BCUT2D eigenvalue weighted by atomic mass is 16.5. The molecule has 9 nitrogen and oxygen atoms in total. The minimum atomic E-state index is 0.0213. The summed E-state index contributed by atoms with van der Waals surface area (Å²) in [5.41, 5.74) is 2.08. The molecule has 146 valence electrons. The summed E-state index contributed by atoms with van der Waals surface area (Å²) in [6.45, 7) is 6.61. The van der Waals surface area contributed by atoms with E-state index in [1.807, 2.05) is 23.6 Å². The van der Waals surface area contributed by atoms with Gasteiger partial charge in [-0.2, -0.15) is 10.1 Å². The van der Waals surface area contributed by atoms with Crippen molar-refractivity contribution in [1.29, 1.82) is 0 Å². The summed E-state index contributed by atoms with van der Waals surface area (Å²) < 4.78 is 12.5. The predicted molar refractivity (Wildman–Crippen MR) is 95.4 cm³/mol. The number of hydrogen-bond acceptors (Lipinski definition) is 7. The summed E-state index contributed by atoms with van der Waals surface area (Å²) in [5, 5.41) is 8.69. The van der Waals surface area contributed by atoms with Gasteiger partial charge in [0.25, 0.3) is 0 Å².